The van der Waals surface area contributed by atoms with Crippen LogP contribution in [-0.2, 0) is 10.4 Å². The minimum absolute atomic E-state index is 0.0000147. The molecule has 130 valence electrons. The molecule has 5 nitrogen and oxygen atoms in total. The van der Waals surface area contributed by atoms with Gasteiger partial charge in [-0.3, -0.25) is 10.1 Å². The molecule has 0 fully saturated rings. The maximum atomic E-state index is 14.0. The van der Waals surface area contributed by atoms with Crippen LogP contribution in [0, 0.1) is 10.1 Å². The third kappa shape index (κ3) is 2.72. The predicted octanol–water partition coefficient (Wildman–Crippen LogP) is 4.18. The fourth-order valence-electron chi connectivity index (χ4n) is 2.78. The summed E-state index contributed by atoms with van der Waals surface area (Å²) in [4.78, 5) is 15.3. The first kappa shape index (κ1) is 17.2. The van der Waals surface area contributed by atoms with Crippen LogP contribution in [0.4, 0.5) is 13.2 Å². The Morgan fingerprint density at radius 3 is 2.40 bits per heavy atom. The van der Waals surface area contributed by atoms with Gasteiger partial charge in [0.25, 0.3) is 0 Å². The highest BCUT2D eigenvalue weighted by Gasteiger charge is 2.74. The summed E-state index contributed by atoms with van der Waals surface area (Å²) in [5, 5.41) is 15.1. The number of hydrogen-bond acceptors (Lipinski definition) is 4. The van der Waals surface area contributed by atoms with E-state index in [1.165, 1.54) is 24.3 Å². The molecule has 0 aromatic heterocycles. The summed E-state index contributed by atoms with van der Waals surface area (Å²) in [6, 6.07) is 10.0. The number of halogens is 4. The predicted molar refractivity (Wildman–Crippen MR) is 84.0 cm³/mol. The molecule has 0 aliphatic carbocycles. The van der Waals surface area contributed by atoms with Crippen molar-refractivity contribution in [2.24, 2.45) is 5.16 Å². The second kappa shape index (κ2) is 6.03. The van der Waals surface area contributed by atoms with Crippen molar-refractivity contribution in [1.82, 2.24) is 0 Å². The van der Waals surface area contributed by atoms with Gasteiger partial charge in [-0.2, -0.15) is 13.2 Å². The van der Waals surface area contributed by atoms with E-state index >= 15 is 0 Å². The summed E-state index contributed by atoms with van der Waals surface area (Å²) in [6.07, 6.45) is -5.10. The van der Waals surface area contributed by atoms with Crippen molar-refractivity contribution < 1.29 is 22.9 Å². The van der Waals surface area contributed by atoms with Crippen molar-refractivity contribution in [3.8, 4) is 0 Å². The highest BCUT2D eigenvalue weighted by Crippen LogP contribution is 2.50. The van der Waals surface area contributed by atoms with Crippen molar-refractivity contribution in [2.45, 2.75) is 17.8 Å². The maximum absolute atomic E-state index is 14.0. The minimum Gasteiger partial charge on any atom is -0.366 e. The van der Waals surface area contributed by atoms with Crippen LogP contribution in [0.3, 0.4) is 0 Å². The van der Waals surface area contributed by atoms with Crippen LogP contribution in [0.15, 0.2) is 59.8 Å². The lowest BCUT2D eigenvalue weighted by molar-refractivity contribution is -0.540. The summed E-state index contributed by atoms with van der Waals surface area (Å²) < 4.78 is 42.0. The molecule has 2 aromatic rings. The molecule has 1 aliphatic heterocycles. The Balaban J connectivity index is 2.22. The van der Waals surface area contributed by atoms with Crippen LogP contribution < -0.4 is 0 Å². The lowest BCUT2D eigenvalue weighted by Gasteiger charge is -2.30. The lowest BCUT2D eigenvalue weighted by Crippen LogP contribution is -2.55. The zero-order valence-electron chi connectivity index (χ0n) is 12.4. The highest BCUT2D eigenvalue weighted by molar-refractivity contribution is 6.30. The number of nitrogens with zero attached hydrogens (tertiary/aromatic N) is 2. The van der Waals surface area contributed by atoms with E-state index in [4.69, 9.17) is 16.4 Å². The van der Waals surface area contributed by atoms with Gasteiger partial charge in [-0.15, -0.1) is 0 Å². The first-order valence-corrected chi connectivity index (χ1v) is 7.43. The topological polar surface area (TPSA) is 64.7 Å². The zero-order valence-corrected chi connectivity index (χ0v) is 13.2. The van der Waals surface area contributed by atoms with E-state index < -0.39 is 34.0 Å². The van der Waals surface area contributed by atoms with Gasteiger partial charge >= 0.3 is 17.8 Å². The van der Waals surface area contributed by atoms with Gasteiger partial charge in [-0.1, -0.05) is 59.2 Å². The first-order chi connectivity index (χ1) is 11.8. The lowest BCUT2D eigenvalue weighted by atomic mass is 9.82. The van der Waals surface area contributed by atoms with Crippen molar-refractivity contribution in [3.05, 3.63) is 80.9 Å². The minimum atomic E-state index is -5.10. The molecule has 25 heavy (non-hydrogen) atoms. The fraction of sp³-hybridized carbons (Fsp3) is 0.188. The largest absolute Gasteiger partial charge is 0.443 e. The Hall–Kier alpha value is -2.61. The van der Waals surface area contributed by atoms with Crippen LogP contribution in [-0.4, -0.2) is 22.9 Å². The van der Waals surface area contributed by atoms with Crippen molar-refractivity contribution in [3.63, 3.8) is 0 Å². The Bertz CT molecular complexity index is 842. The Labute approximate surface area is 144 Å². The second-order valence-corrected chi connectivity index (χ2v) is 5.80. The van der Waals surface area contributed by atoms with Crippen LogP contribution in [0.2, 0.25) is 5.02 Å². The van der Waals surface area contributed by atoms with E-state index in [0.717, 1.165) is 12.1 Å². The van der Waals surface area contributed by atoms with Gasteiger partial charge in [0, 0.05) is 21.1 Å². The molecule has 3 rings (SSSR count). The first-order valence-electron chi connectivity index (χ1n) is 7.05. The maximum Gasteiger partial charge on any atom is 0.443 e. The van der Waals surface area contributed by atoms with E-state index in [1.54, 1.807) is 18.2 Å². The molecule has 9 heteroatoms. The summed E-state index contributed by atoms with van der Waals surface area (Å²) in [5.74, 6) is 0. The van der Waals surface area contributed by atoms with E-state index in [-0.39, 0.29) is 10.6 Å². The van der Waals surface area contributed by atoms with Gasteiger partial charge in [-0.05, 0) is 12.1 Å². The molecule has 0 amide bonds. The van der Waals surface area contributed by atoms with Crippen LogP contribution in [0.5, 0.6) is 0 Å². The molecular formula is C16H10ClF3N2O3. The van der Waals surface area contributed by atoms with Gasteiger partial charge in [0.2, 0.25) is 0 Å². The van der Waals surface area contributed by atoms with Crippen molar-refractivity contribution in [2.75, 3.05) is 0 Å². The number of rotatable bonds is 3. The SMILES string of the molecule is O=[N+]([O-])[C@H]1C(c2ccccc2)=NO[C@]1(c1cccc(Cl)c1)C(F)(F)F. The summed E-state index contributed by atoms with van der Waals surface area (Å²) in [7, 11) is 0. The van der Waals surface area contributed by atoms with Crippen molar-refractivity contribution >= 4 is 17.3 Å². The molecule has 2 atom stereocenters. The number of benzene rings is 2. The monoisotopic (exact) mass is 370 g/mol. The molecule has 0 saturated carbocycles. The number of oxime groups is 1. The van der Waals surface area contributed by atoms with Gasteiger partial charge < -0.3 is 4.84 Å². The van der Waals surface area contributed by atoms with Gasteiger partial charge in [-0.25, -0.2) is 0 Å². The van der Waals surface area contributed by atoms with Crippen LogP contribution >= 0.6 is 11.6 Å². The Morgan fingerprint density at radius 1 is 1.16 bits per heavy atom. The van der Waals surface area contributed by atoms with E-state index in [2.05, 4.69) is 5.16 Å². The Morgan fingerprint density at radius 2 is 1.84 bits per heavy atom. The highest BCUT2D eigenvalue weighted by atomic mass is 35.5. The summed E-state index contributed by atoms with van der Waals surface area (Å²) >= 11 is 5.79. The number of nitro groups is 1. The molecule has 1 aliphatic rings. The van der Waals surface area contributed by atoms with Gasteiger partial charge in [0.1, 0.15) is 0 Å². The molecule has 0 bridgehead atoms. The van der Waals surface area contributed by atoms with Crippen LogP contribution in [0.25, 0.3) is 0 Å². The molecule has 1 heterocycles. The van der Waals surface area contributed by atoms with E-state index in [9.17, 15) is 23.3 Å². The molecule has 0 spiro atoms. The molecular weight excluding hydrogens is 361 g/mol. The normalized spacial score (nSPS) is 23.0. The number of hydrogen-bond donors (Lipinski definition) is 0. The summed E-state index contributed by atoms with van der Waals surface area (Å²) in [5.41, 5.74) is -3.96. The molecule has 0 N–H and O–H groups in total. The smallest absolute Gasteiger partial charge is 0.366 e. The van der Waals surface area contributed by atoms with Gasteiger partial charge in [0.05, 0.1) is 0 Å². The quantitative estimate of drug-likeness (QED) is 0.601. The standard InChI is InChI=1S/C16H10ClF3N2O3/c17-12-8-4-7-11(9-12)15(16(18,19)20)14(22(23)24)13(21-25-15)10-5-2-1-3-6-10/h1-9,14H/t14-,15-/m0/s1. The van der Waals surface area contributed by atoms with Gasteiger partial charge in [0.15, 0.2) is 5.71 Å². The third-order valence-corrected chi connectivity index (χ3v) is 4.12. The average molecular weight is 371 g/mol. The Kier molecular flexibility index (Phi) is 4.16. The third-order valence-electron chi connectivity index (χ3n) is 3.89. The molecule has 2 aromatic carbocycles. The summed E-state index contributed by atoms with van der Waals surface area (Å²) in [6.45, 7) is 0. The average Bonchev–Trinajstić information content (AvgIpc) is 2.97. The second-order valence-electron chi connectivity index (χ2n) is 5.37. The fourth-order valence-corrected chi connectivity index (χ4v) is 2.97. The molecule has 0 unspecified atom stereocenters. The van der Waals surface area contributed by atoms with E-state index in [1.807, 2.05) is 0 Å². The zero-order chi connectivity index (χ0) is 18.2. The number of alkyl halides is 3. The van der Waals surface area contributed by atoms with Crippen LogP contribution in [0.1, 0.15) is 11.1 Å². The molecule has 0 radical (unpaired) electrons. The van der Waals surface area contributed by atoms with Crippen molar-refractivity contribution in [1.29, 1.82) is 0 Å². The molecule has 0 saturated heterocycles. The van der Waals surface area contributed by atoms with E-state index in [0.29, 0.717) is 0 Å².